The first-order chi connectivity index (χ1) is 9.15. The largest absolute Gasteiger partial charge is 0.324 e. The molecule has 1 amide bonds. The lowest BCUT2D eigenvalue weighted by atomic mass is 9.95. The number of aryl methyl sites for hydroxylation is 1. The molecule has 1 aromatic carbocycles. The van der Waals surface area contributed by atoms with Crippen molar-refractivity contribution < 1.29 is 4.79 Å². The van der Waals surface area contributed by atoms with Crippen LogP contribution in [-0.2, 0) is 4.79 Å². The highest BCUT2D eigenvalue weighted by atomic mass is 79.9. The zero-order valence-corrected chi connectivity index (χ0v) is 12.9. The van der Waals surface area contributed by atoms with E-state index in [9.17, 15) is 4.79 Å². The molecule has 0 heterocycles. The van der Waals surface area contributed by atoms with Gasteiger partial charge in [-0.1, -0.05) is 25.3 Å². The minimum atomic E-state index is 0.0233. The van der Waals surface area contributed by atoms with Crippen molar-refractivity contribution in [1.82, 2.24) is 5.32 Å². The third-order valence-electron chi connectivity index (χ3n) is 3.56. The SMILES string of the molecule is Cc1ccc(NC(=O)CNC2CCCCC2)c(Br)c1. The molecule has 0 atom stereocenters. The van der Waals surface area contributed by atoms with Gasteiger partial charge < -0.3 is 10.6 Å². The van der Waals surface area contributed by atoms with E-state index < -0.39 is 0 Å². The number of hydrogen-bond donors (Lipinski definition) is 2. The summed E-state index contributed by atoms with van der Waals surface area (Å²) in [6.07, 6.45) is 6.29. The zero-order chi connectivity index (χ0) is 13.7. The number of anilines is 1. The predicted octanol–water partition coefficient (Wildman–Crippen LogP) is 3.62. The van der Waals surface area contributed by atoms with E-state index in [1.165, 1.54) is 37.7 Å². The average Bonchev–Trinajstić information content (AvgIpc) is 2.41. The molecule has 0 aliphatic heterocycles. The summed E-state index contributed by atoms with van der Waals surface area (Å²) in [5.41, 5.74) is 2.01. The fourth-order valence-electron chi connectivity index (χ4n) is 2.46. The van der Waals surface area contributed by atoms with Gasteiger partial charge in [-0.05, 0) is 53.4 Å². The van der Waals surface area contributed by atoms with Crippen LogP contribution in [0, 0.1) is 6.92 Å². The molecule has 3 nitrogen and oxygen atoms in total. The topological polar surface area (TPSA) is 41.1 Å². The van der Waals surface area contributed by atoms with Gasteiger partial charge in [0, 0.05) is 10.5 Å². The Balaban J connectivity index is 1.80. The lowest BCUT2D eigenvalue weighted by Gasteiger charge is -2.22. The van der Waals surface area contributed by atoms with E-state index in [1.807, 2.05) is 25.1 Å². The van der Waals surface area contributed by atoms with Gasteiger partial charge in [0.15, 0.2) is 0 Å². The smallest absolute Gasteiger partial charge is 0.238 e. The van der Waals surface area contributed by atoms with Crippen molar-refractivity contribution >= 4 is 27.5 Å². The van der Waals surface area contributed by atoms with Crippen LogP contribution < -0.4 is 10.6 Å². The maximum atomic E-state index is 11.9. The fraction of sp³-hybridized carbons (Fsp3) is 0.533. The highest BCUT2D eigenvalue weighted by Gasteiger charge is 2.14. The van der Waals surface area contributed by atoms with Crippen molar-refractivity contribution in [1.29, 1.82) is 0 Å². The van der Waals surface area contributed by atoms with E-state index in [-0.39, 0.29) is 5.91 Å². The van der Waals surface area contributed by atoms with Crippen molar-refractivity contribution in [3.8, 4) is 0 Å². The van der Waals surface area contributed by atoms with Crippen LogP contribution in [0.15, 0.2) is 22.7 Å². The number of carbonyl (C=O) groups excluding carboxylic acids is 1. The van der Waals surface area contributed by atoms with Crippen molar-refractivity contribution in [3.05, 3.63) is 28.2 Å². The first-order valence-corrected chi connectivity index (χ1v) is 7.74. The van der Waals surface area contributed by atoms with E-state index in [2.05, 4.69) is 26.6 Å². The standard InChI is InChI=1S/C15H21BrN2O/c1-11-7-8-14(13(16)9-11)18-15(19)10-17-12-5-3-2-4-6-12/h7-9,12,17H,2-6,10H2,1H3,(H,18,19). The molecule has 0 spiro atoms. The molecule has 0 saturated heterocycles. The molecule has 0 unspecified atom stereocenters. The first kappa shape index (κ1) is 14.5. The van der Waals surface area contributed by atoms with Gasteiger partial charge in [0.05, 0.1) is 12.2 Å². The molecule has 1 saturated carbocycles. The summed E-state index contributed by atoms with van der Waals surface area (Å²) in [5, 5.41) is 6.27. The monoisotopic (exact) mass is 324 g/mol. The van der Waals surface area contributed by atoms with Gasteiger partial charge in [-0.15, -0.1) is 0 Å². The molecule has 1 aliphatic rings. The number of rotatable bonds is 4. The summed E-state index contributed by atoms with van der Waals surface area (Å²) in [6.45, 7) is 2.42. The molecule has 2 N–H and O–H groups in total. The normalized spacial score (nSPS) is 16.3. The minimum Gasteiger partial charge on any atom is -0.324 e. The van der Waals surface area contributed by atoms with Gasteiger partial charge in [-0.25, -0.2) is 0 Å². The average molecular weight is 325 g/mol. The summed E-state index contributed by atoms with van der Waals surface area (Å²) in [4.78, 5) is 11.9. The molecule has 0 bridgehead atoms. The van der Waals surface area contributed by atoms with Crippen molar-refractivity contribution in [2.75, 3.05) is 11.9 Å². The molecule has 4 heteroatoms. The Kier molecular flexibility index (Phi) is 5.40. The van der Waals surface area contributed by atoms with E-state index in [4.69, 9.17) is 0 Å². The summed E-state index contributed by atoms with van der Waals surface area (Å²) < 4.78 is 0.929. The van der Waals surface area contributed by atoms with Crippen LogP contribution in [0.4, 0.5) is 5.69 Å². The second-order valence-electron chi connectivity index (χ2n) is 5.25. The van der Waals surface area contributed by atoms with E-state index in [0.29, 0.717) is 12.6 Å². The zero-order valence-electron chi connectivity index (χ0n) is 11.3. The van der Waals surface area contributed by atoms with Crippen LogP contribution in [0.3, 0.4) is 0 Å². The molecule has 1 aliphatic carbocycles. The van der Waals surface area contributed by atoms with Gasteiger partial charge >= 0.3 is 0 Å². The fourth-order valence-corrected chi connectivity index (χ4v) is 3.05. The Hall–Kier alpha value is -0.870. The van der Waals surface area contributed by atoms with E-state index in [0.717, 1.165) is 10.2 Å². The highest BCUT2D eigenvalue weighted by molar-refractivity contribution is 9.10. The lowest BCUT2D eigenvalue weighted by Crippen LogP contribution is -2.37. The van der Waals surface area contributed by atoms with Gasteiger partial charge in [0.2, 0.25) is 5.91 Å². The number of nitrogens with one attached hydrogen (secondary N) is 2. The third kappa shape index (κ3) is 4.62. The third-order valence-corrected chi connectivity index (χ3v) is 4.21. The molecular weight excluding hydrogens is 304 g/mol. The Morgan fingerprint density at radius 1 is 1.32 bits per heavy atom. The molecule has 19 heavy (non-hydrogen) atoms. The minimum absolute atomic E-state index is 0.0233. The van der Waals surface area contributed by atoms with Crippen LogP contribution in [0.5, 0.6) is 0 Å². The molecule has 0 radical (unpaired) electrons. The van der Waals surface area contributed by atoms with Crippen molar-refractivity contribution in [2.45, 2.75) is 45.1 Å². The van der Waals surface area contributed by atoms with Gasteiger partial charge in [-0.2, -0.15) is 0 Å². The van der Waals surface area contributed by atoms with Crippen LogP contribution >= 0.6 is 15.9 Å². The number of hydrogen-bond acceptors (Lipinski definition) is 2. The molecule has 0 aromatic heterocycles. The quantitative estimate of drug-likeness (QED) is 0.888. The Morgan fingerprint density at radius 3 is 2.74 bits per heavy atom. The van der Waals surface area contributed by atoms with Crippen LogP contribution in [0.1, 0.15) is 37.7 Å². The number of carbonyl (C=O) groups is 1. The molecular formula is C15H21BrN2O. The number of amides is 1. The summed E-state index contributed by atoms with van der Waals surface area (Å²) in [6, 6.07) is 6.44. The van der Waals surface area contributed by atoms with Gasteiger partial charge in [0.1, 0.15) is 0 Å². The van der Waals surface area contributed by atoms with Gasteiger partial charge in [0.25, 0.3) is 0 Å². The Labute approximate surface area is 123 Å². The summed E-state index contributed by atoms with van der Waals surface area (Å²) in [7, 11) is 0. The second-order valence-corrected chi connectivity index (χ2v) is 6.10. The molecule has 1 fully saturated rings. The molecule has 1 aromatic rings. The van der Waals surface area contributed by atoms with Crippen molar-refractivity contribution in [2.24, 2.45) is 0 Å². The maximum Gasteiger partial charge on any atom is 0.238 e. The summed E-state index contributed by atoms with van der Waals surface area (Å²) in [5.74, 6) is 0.0233. The van der Waals surface area contributed by atoms with E-state index in [1.54, 1.807) is 0 Å². The molecule has 104 valence electrons. The maximum absolute atomic E-state index is 11.9. The van der Waals surface area contributed by atoms with Gasteiger partial charge in [-0.3, -0.25) is 4.79 Å². The van der Waals surface area contributed by atoms with Crippen LogP contribution in [-0.4, -0.2) is 18.5 Å². The Morgan fingerprint density at radius 2 is 2.05 bits per heavy atom. The van der Waals surface area contributed by atoms with Crippen LogP contribution in [0.25, 0.3) is 0 Å². The first-order valence-electron chi connectivity index (χ1n) is 6.94. The lowest BCUT2D eigenvalue weighted by molar-refractivity contribution is -0.115. The Bertz CT molecular complexity index is 442. The number of halogens is 1. The number of benzene rings is 1. The van der Waals surface area contributed by atoms with E-state index >= 15 is 0 Å². The highest BCUT2D eigenvalue weighted by Crippen LogP contribution is 2.23. The van der Waals surface area contributed by atoms with Crippen molar-refractivity contribution in [3.63, 3.8) is 0 Å². The molecule has 2 rings (SSSR count). The predicted molar refractivity (Wildman–Crippen MR) is 82.4 cm³/mol. The summed E-state index contributed by atoms with van der Waals surface area (Å²) >= 11 is 3.47. The second kappa shape index (κ2) is 7.06. The van der Waals surface area contributed by atoms with Crippen LogP contribution in [0.2, 0.25) is 0 Å².